The van der Waals surface area contributed by atoms with Crippen LogP contribution in [0.1, 0.15) is 62.1 Å². The summed E-state index contributed by atoms with van der Waals surface area (Å²) in [7, 11) is 0. The van der Waals surface area contributed by atoms with Crippen LogP contribution in [0.25, 0.3) is 0 Å². The Bertz CT molecular complexity index is 1140. The Balaban J connectivity index is 2.40. The molecule has 2 heterocycles. The van der Waals surface area contributed by atoms with Crippen molar-refractivity contribution in [1.82, 2.24) is 20.9 Å². The number of fused-ring (bicyclic) bond motifs is 2. The second-order valence-electron chi connectivity index (χ2n) is 8.83. The number of pyridine rings is 1. The summed E-state index contributed by atoms with van der Waals surface area (Å²) in [5.41, 5.74) is 6.12. The van der Waals surface area contributed by atoms with Crippen LogP contribution in [0.5, 0.6) is 0 Å². The fraction of sp³-hybridized carbons (Fsp3) is 0.481. The summed E-state index contributed by atoms with van der Waals surface area (Å²) in [5, 5.41) is 8.00. The standard InChI is InChI=1S/C27H37N5O6S2/c1-4-20-25(35)32-21(10-5-7-13-28)27(37)38-19(9-6-8-14-40-17(2)33)15-23(34)29-16-18-11-12-22(39-3)24(30-18)26(36)31-20/h4,6,9,11-12,19,21H,5,7-8,10,13-16,28H2,1-3H3,(H,29,34)(H,31,36)(H,32,35)/b9-6+,20-4-/t19-,21+/m1/s1. The van der Waals surface area contributed by atoms with E-state index in [0.717, 1.165) is 0 Å². The molecule has 3 amide bonds. The van der Waals surface area contributed by atoms with Gasteiger partial charge in [-0.1, -0.05) is 23.9 Å². The molecule has 0 aromatic carbocycles. The zero-order chi connectivity index (χ0) is 29.5. The molecule has 1 aliphatic rings. The van der Waals surface area contributed by atoms with Crippen LogP contribution in [0.3, 0.4) is 0 Å². The van der Waals surface area contributed by atoms with Crippen LogP contribution in [-0.4, -0.2) is 64.5 Å². The first-order chi connectivity index (χ1) is 19.2. The molecular formula is C27H37N5O6S2. The van der Waals surface area contributed by atoms with Crippen LogP contribution >= 0.6 is 23.5 Å². The summed E-state index contributed by atoms with van der Waals surface area (Å²) < 4.78 is 5.67. The van der Waals surface area contributed by atoms with Gasteiger partial charge >= 0.3 is 5.97 Å². The van der Waals surface area contributed by atoms with Gasteiger partial charge in [0.25, 0.3) is 11.8 Å². The zero-order valence-electron chi connectivity index (χ0n) is 23.0. The fourth-order valence-electron chi connectivity index (χ4n) is 3.67. The molecule has 1 aliphatic heterocycles. The molecule has 0 unspecified atom stereocenters. The molecule has 218 valence electrons. The number of nitrogens with zero attached hydrogens (tertiary/aromatic N) is 1. The first-order valence-electron chi connectivity index (χ1n) is 13.0. The van der Waals surface area contributed by atoms with Crippen molar-refractivity contribution in [3.8, 4) is 0 Å². The lowest BCUT2D eigenvalue weighted by molar-refractivity contribution is -0.152. The Morgan fingerprint density at radius 3 is 2.65 bits per heavy atom. The molecule has 11 nitrogen and oxygen atoms in total. The fourth-order valence-corrected chi connectivity index (χ4v) is 4.75. The van der Waals surface area contributed by atoms with Gasteiger partial charge in [-0.15, -0.1) is 11.8 Å². The third-order valence-electron chi connectivity index (χ3n) is 5.73. The molecule has 2 bridgehead atoms. The van der Waals surface area contributed by atoms with Crippen molar-refractivity contribution in [3.63, 3.8) is 0 Å². The molecule has 0 spiro atoms. The number of nitrogens with one attached hydrogen (secondary N) is 3. The highest BCUT2D eigenvalue weighted by Crippen LogP contribution is 2.20. The van der Waals surface area contributed by atoms with Crippen LogP contribution in [0.4, 0.5) is 0 Å². The average molecular weight is 592 g/mol. The highest BCUT2D eigenvalue weighted by atomic mass is 32.2. The van der Waals surface area contributed by atoms with Crippen LogP contribution in [-0.2, 0) is 30.5 Å². The van der Waals surface area contributed by atoms with E-state index in [1.165, 1.54) is 36.5 Å². The van der Waals surface area contributed by atoms with Crippen molar-refractivity contribution >= 4 is 52.3 Å². The van der Waals surface area contributed by atoms with Gasteiger partial charge in [0.1, 0.15) is 23.5 Å². The first kappa shape index (κ1) is 33.0. The molecule has 2 rings (SSSR count). The quantitative estimate of drug-likeness (QED) is 0.110. The Morgan fingerprint density at radius 2 is 1.98 bits per heavy atom. The van der Waals surface area contributed by atoms with Gasteiger partial charge in [-0.05, 0) is 63.6 Å². The smallest absolute Gasteiger partial charge is 0.329 e. The minimum atomic E-state index is -1.03. The third-order valence-corrected chi connectivity index (χ3v) is 7.35. The molecule has 2 atom stereocenters. The maximum absolute atomic E-state index is 13.2. The first-order valence-corrected chi connectivity index (χ1v) is 15.2. The second kappa shape index (κ2) is 17.5. The zero-order valence-corrected chi connectivity index (χ0v) is 24.6. The predicted octanol–water partition coefficient (Wildman–Crippen LogP) is 2.21. The van der Waals surface area contributed by atoms with Gasteiger partial charge in [0.15, 0.2) is 5.12 Å². The van der Waals surface area contributed by atoms with Crippen molar-refractivity contribution in [2.45, 2.75) is 69.5 Å². The number of thioether (sulfide) groups is 2. The topological polar surface area (TPSA) is 170 Å². The number of aromatic nitrogens is 1. The summed E-state index contributed by atoms with van der Waals surface area (Å²) in [4.78, 5) is 68.4. The van der Waals surface area contributed by atoms with Gasteiger partial charge in [0.2, 0.25) is 5.91 Å². The number of hydrogen-bond donors (Lipinski definition) is 4. The maximum atomic E-state index is 13.2. The number of carbonyl (C=O) groups excluding carboxylic acids is 5. The van der Waals surface area contributed by atoms with E-state index in [1.807, 2.05) is 0 Å². The Labute approximate surface area is 242 Å². The number of carbonyl (C=O) groups is 5. The number of amides is 3. The van der Waals surface area contributed by atoms with E-state index in [9.17, 15) is 24.0 Å². The molecular weight excluding hydrogens is 554 g/mol. The van der Waals surface area contributed by atoms with Crippen molar-refractivity contribution < 1.29 is 28.7 Å². The van der Waals surface area contributed by atoms with Gasteiger partial charge < -0.3 is 26.4 Å². The number of nitrogens with two attached hydrogens (primary N) is 1. The third kappa shape index (κ3) is 11.1. The number of allylic oxidation sites excluding steroid dienone is 2. The average Bonchev–Trinajstić information content (AvgIpc) is 2.92. The van der Waals surface area contributed by atoms with E-state index in [1.54, 1.807) is 37.5 Å². The number of unbranched alkanes of at least 4 members (excludes halogenated alkanes) is 1. The SMILES string of the molecule is C/C=C1\NC(=O)c2nc(ccc2SC)CNC(=O)C[C@@H](/C=C/CCSC(C)=O)OC(=O)[C@H](CCCCN)NC1=O. The molecule has 0 saturated heterocycles. The Kier molecular flexibility index (Phi) is 14.5. The monoisotopic (exact) mass is 591 g/mol. The Morgan fingerprint density at radius 1 is 1.20 bits per heavy atom. The van der Waals surface area contributed by atoms with E-state index >= 15 is 0 Å². The van der Waals surface area contributed by atoms with Crippen LogP contribution < -0.4 is 21.7 Å². The molecule has 0 fully saturated rings. The predicted molar refractivity (Wildman–Crippen MR) is 155 cm³/mol. The summed E-state index contributed by atoms with van der Waals surface area (Å²) in [6, 6.07) is 2.40. The number of rotatable bonds is 9. The van der Waals surface area contributed by atoms with E-state index < -0.39 is 35.8 Å². The molecule has 0 saturated carbocycles. The lowest BCUT2D eigenvalue weighted by atomic mass is 10.1. The summed E-state index contributed by atoms with van der Waals surface area (Å²) >= 11 is 2.50. The van der Waals surface area contributed by atoms with Gasteiger partial charge in [-0.3, -0.25) is 19.2 Å². The molecule has 5 N–H and O–H groups in total. The number of cyclic esters (lactones) is 1. The van der Waals surface area contributed by atoms with Crippen LogP contribution in [0.15, 0.2) is 41.0 Å². The summed E-state index contributed by atoms with van der Waals surface area (Å²) in [6.45, 7) is 3.54. The Hall–Kier alpha value is -3.16. The largest absolute Gasteiger partial charge is 0.456 e. The highest BCUT2D eigenvalue weighted by molar-refractivity contribution is 8.13. The van der Waals surface area contributed by atoms with Crippen LogP contribution in [0, 0.1) is 0 Å². The van der Waals surface area contributed by atoms with Crippen molar-refractivity contribution in [3.05, 3.63) is 47.4 Å². The molecule has 0 radical (unpaired) electrons. The van der Waals surface area contributed by atoms with E-state index in [2.05, 4.69) is 20.9 Å². The lowest BCUT2D eigenvalue weighted by Crippen LogP contribution is -2.46. The maximum Gasteiger partial charge on any atom is 0.329 e. The van der Waals surface area contributed by atoms with Gasteiger partial charge in [-0.25, -0.2) is 9.78 Å². The van der Waals surface area contributed by atoms with E-state index in [0.29, 0.717) is 42.1 Å². The molecule has 13 heteroatoms. The number of esters is 1. The van der Waals surface area contributed by atoms with Gasteiger partial charge in [0.05, 0.1) is 18.7 Å². The highest BCUT2D eigenvalue weighted by Gasteiger charge is 2.28. The van der Waals surface area contributed by atoms with Crippen molar-refractivity contribution in [1.29, 1.82) is 0 Å². The minimum absolute atomic E-state index is 0.000931. The number of ether oxygens (including phenoxy) is 1. The van der Waals surface area contributed by atoms with E-state index in [4.69, 9.17) is 10.5 Å². The molecule has 0 aliphatic carbocycles. The minimum Gasteiger partial charge on any atom is -0.456 e. The molecule has 1 aromatic heterocycles. The number of hydrogen-bond acceptors (Lipinski definition) is 10. The van der Waals surface area contributed by atoms with Gasteiger partial charge in [0, 0.05) is 17.6 Å². The normalized spacial score (nSPS) is 20.1. The molecule has 40 heavy (non-hydrogen) atoms. The second-order valence-corrected chi connectivity index (χ2v) is 11.0. The van der Waals surface area contributed by atoms with Crippen molar-refractivity contribution in [2.75, 3.05) is 18.6 Å². The van der Waals surface area contributed by atoms with E-state index in [-0.39, 0.29) is 35.9 Å². The summed E-state index contributed by atoms with van der Waals surface area (Å²) in [5.74, 6) is -1.81. The van der Waals surface area contributed by atoms with Gasteiger partial charge in [-0.2, -0.15) is 0 Å². The summed E-state index contributed by atoms with van der Waals surface area (Å²) in [6.07, 6.45) is 7.50. The lowest BCUT2D eigenvalue weighted by Gasteiger charge is -2.22. The molecule has 1 aromatic rings. The van der Waals surface area contributed by atoms with Crippen LogP contribution in [0.2, 0.25) is 0 Å². The van der Waals surface area contributed by atoms with Crippen molar-refractivity contribution in [2.24, 2.45) is 5.73 Å².